The molecule has 0 radical (unpaired) electrons. The predicted molar refractivity (Wildman–Crippen MR) is 125 cm³/mol. The van der Waals surface area contributed by atoms with Crippen LogP contribution in [0.3, 0.4) is 0 Å². The van der Waals surface area contributed by atoms with E-state index in [0.717, 1.165) is 11.6 Å². The highest BCUT2D eigenvalue weighted by Gasteiger charge is 2.47. The van der Waals surface area contributed by atoms with E-state index in [-0.39, 0.29) is 16.9 Å². The highest BCUT2D eigenvalue weighted by atomic mass is 19.3. The second-order valence-electron chi connectivity index (χ2n) is 8.86. The van der Waals surface area contributed by atoms with Gasteiger partial charge < -0.3 is 9.88 Å². The van der Waals surface area contributed by atoms with Crippen LogP contribution in [0, 0.1) is 18.6 Å². The molecular formula is C26H22F4N4O. The van der Waals surface area contributed by atoms with Crippen LogP contribution in [0.4, 0.5) is 23.4 Å². The van der Waals surface area contributed by atoms with Gasteiger partial charge >= 0.3 is 0 Å². The van der Waals surface area contributed by atoms with E-state index in [9.17, 15) is 22.4 Å². The average Bonchev–Trinajstić information content (AvgIpc) is 3.60. The van der Waals surface area contributed by atoms with Gasteiger partial charge in [0.05, 0.1) is 28.0 Å². The molecule has 1 saturated carbocycles. The van der Waals surface area contributed by atoms with Gasteiger partial charge in [-0.15, -0.1) is 0 Å². The van der Waals surface area contributed by atoms with E-state index in [2.05, 4.69) is 15.3 Å². The van der Waals surface area contributed by atoms with Crippen molar-refractivity contribution in [2.75, 3.05) is 5.32 Å². The highest BCUT2D eigenvalue weighted by Crippen LogP contribution is 2.49. The zero-order chi connectivity index (χ0) is 24.9. The summed E-state index contributed by atoms with van der Waals surface area (Å²) in [6.07, 6.45) is 0.150. The van der Waals surface area contributed by atoms with Gasteiger partial charge in [-0.1, -0.05) is 30.3 Å². The lowest BCUT2D eigenvalue weighted by Gasteiger charge is -2.22. The maximum Gasteiger partial charge on any atom is 0.266 e. The highest BCUT2D eigenvalue weighted by molar-refractivity contribution is 5.88. The maximum atomic E-state index is 14.7. The zero-order valence-corrected chi connectivity index (χ0v) is 19.0. The molecule has 0 saturated heterocycles. The van der Waals surface area contributed by atoms with Crippen molar-refractivity contribution in [2.24, 2.45) is 0 Å². The predicted octanol–water partition coefficient (Wildman–Crippen LogP) is 6.03. The van der Waals surface area contributed by atoms with Crippen LogP contribution in [0.2, 0.25) is 0 Å². The number of nitrogens with one attached hydrogen (secondary N) is 1. The lowest BCUT2D eigenvalue weighted by Crippen LogP contribution is -2.30. The molecule has 0 spiro atoms. The van der Waals surface area contributed by atoms with Crippen molar-refractivity contribution < 1.29 is 17.6 Å². The molecule has 2 aromatic carbocycles. The summed E-state index contributed by atoms with van der Waals surface area (Å²) in [6.45, 7) is 3.31. The molecule has 0 bridgehead atoms. The number of halogens is 4. The summed E-state index contributed by atoms with van der Waals surface area (Å²) in [5.74, 6) is -0.582. The van der Waals surface area contributed by atoms with Gasteiger partial charge in [0.1, 0.15) is 23.3 Å². The monoisotopic (exact) mass is 482 g/mol. The zero-order valence-electron chi connectivity index (χ0n) is 19.0. The first-order valence-electron chi connectivity index (χ1n) is 11.2. The second kappa shape index (κ2) is 8.48. The fourth-order valence-corrected chi connectivity index (χ4v) is 4.57. The molecule has 0 aliphatic heterocycles. The second-order valence-corrected chi connectivity index (χ2v) is 8.86. The van der Waals surface area contributed by atoms with Gasteiger partial charge in [-0.3, -0.25) is 4.79 Å². The minimum atomic E-state index is -2.93. The Bertz CT molecular complexity index is 1480. The Hall–Kier alpha value is -3.75. The van der Waals surface area contributed by atoms with Crippen molar-refractivity contribution in [3.8, 4) is 0 Å². The fourth-order valence-electron chi connectivity index (χ4n) is 4.57. The average molecular weight is 482 g/mol. The molecule has 2 aromatic heterocycles. The molecule has 1 aliphatic rings. The number of aromatic nitrogens is 3. The Balaban J connectivity index is 1.59. The van der Waals surface area contributed by atoms with Gasteiger partial charge in [-0.05, 0) is 44.4 Å². The minimum absolute atomic E-state index is 0.0745. The van der Waals surface area contributed by atoms with E-state index in [1.54, 1.807) is 36.7 Å². The molecule has 35 heavy (non-hydrogen) atoms. The lowest BCUT2D eigenvalue weighted by molar-refractivity contribution is 0.146. The molecular weight excluding hydrogens is 460 g/mol. The molecule has 5 nitrogen and oxygen atoms in total. The van der Waals surface area contributed by atoms with E-state index in [0.29, 0.717) is 35.4 Å². The van der Waals surface area contributed by atoms with Crippen molar-refractivity contribution in [3.63, 3.8) is 0 Å². The first-order chi connectivity index (χ1) is 16.7. The first-order valence-corrected chi connectivity index (χ1v) is 11.2. The van der Waals surface area contributed by atoms with Crippen LogP contribution in [0.1, 0.15) is 54.7 Å². The Labute approximate surface area is 198 Å². The topological polar surface area (TPSA) is 59.8 Å². The van der Waals surface area contributed by atoms with Gasteiger partial charge in [-0.25, -0.2) is 27.5 Å². The summed E-state index contributed by atoms with van der Waals surface area (Å²) in [5.41, 5.74) is -0.210. The number of rotatable bonds is 6. The lowest BCUT2D eigenvalue weighted by atomic mass is 10.0. The van der Waals surface area contributed by atoms with Crippen molar-refractivity contribution in [2.45, 2.75) is 44.7 Å². The SMILES string of the molecule is Cc1nc(NC(C)c2cccc(C(F)F)c2F)c2cn(C3(c4ccc(F)cc4)CC3)c(=O)cc2n1. The summed E-state index contributed by atoms with van der Waals surface area (Å²) in [7, 11) is 0. The minimum Gasteiger partial charge on any atom is -0.363 e. The number of hydrogen-bond donors (Lipinski definition) is 1. The number of fused-ring (bicyclic) bond motifs is 1. The number of pyridine rings is 1. The van der Waals surface area contributed by atoms with E-state index < -0.39 is 29.4 Å². The third-order valence-electron chi connectivity index (χ3n) is 6.52. The van der Waals surface area contributed by atoms with Gasteiger partial charge in [-0.2, -0.15) is 0 Å². The Morgan fingerprint density at radius 3 is 2.37 bits per heavy atom. The smallest absolute Gasteiger partial charge is 0.266 e. The Kier molecular flexibility index (Phi) is 5.57. The fraction of sp³-hybridized carbons (Fsp3) is 0.269. The van der Waals surface area contributed by atoms with Crippen LogP contribution < -0.4 is 10.9 Å². The quantitative estimate of drug-likeness (QED) is 0.341. The standard InChI is InChI=1S/C26H22F4N4O/c1-14(18-4-3-5-19(23(18)28)24(29)30)31-25-20-13-34(22(35)12-21(20)32-15(2)33-25)26(10-11-26)16-6-8-17(27)9-7-16/h3-9,12-14,24H,10-11H2,1-2H3,(H,31,32,33). The Morgan fingerprint density at radius 1 is 1.03 bits per heavy atom. The molecule has 180 valence electrons. The molecule has 1 unspecified atom stereocenters. The third kappa shape index (κ3) is 4.05. The number of anilines is 1. The van der Waals surface area contributed by atoms with Crippen molar-refractivity contribution in [1.29, 1.82) is 0 Å². The first kappa shape index (κ1) is 23.0. The molecule has 9 heteroatoms. The van der Waals surface area contributed by atoms with Crippen molar-refractivity contribution in [3.05, 3.63) is 99.2 Å². The molecule has 5 rings (SSSR count). The molecule has 2 heterocycles. The van der Waals surface area contributed by atoms with Gasteiger partial charge in [0.2, 0.25) is 0 Å². The number of nitrogens with zero attached hydrogens (tertiary/aromatic N) is 3. The molecule has 1 aliphatic carbocycles. The van der Waals surface area contributed by atoms with Gasteiger partial charge in [0.25, 0.3) is 12.0 Å². The summed E-state index contributed by atoms with van der Waals surface area (Å²) >= 11 is 0. The largest absolute Gasteiger partial charge is 0.363 e. The van der Waals surface area contributed by atoms with Crippen LogP contribution in [-0.2, 0) is 5.54 Å². The maximum absolute atomic E-state index is 14.7. The molecule has 4 aromatic rings. The van der Waals surface area contributed by atoms with Crippen LogP contribution in [0.25, 0.3) is 10.9 Å². The van der Waals surface area contributed by atoms with Crippen LogP contribution >= 0.6 is 0 Å². The van der Waals surface area contributed by atoms with Crippen molar-refractivity contribution in [1.82, 2.24) is 14.5 Å². The molecule has 0 amide bonds. The van der Waals surface area contributed by atoms with E-state index in [1.165, 1.54) is 30.3 Å². The van der Waals surface area contributed by atoms with E-state index >= 15 is 0 Å². The summed E-state index contributed by atoms with van der Waals surface area (Å²) in [6, 6.07) is 10.7. The summed E-state index contributed by atoms with van der Waals surface area (Å²) < 4.78 is 56.2. The number of alkyl halides is 2. The van der Waals surface area contributed by atoms with E-state index in [4.69, 9.17) is 0 Å². The number of benzene rings is 2. The van der Waals surface area contributed by atoms with E-state index in [1.807, 2.05) is 0 Å². The Morgan fingerprint density at radius 2 is 1.71 bits per heavy atom. The molecule has 1 N–H and O–H groups in total. The normalized spacial score (nSPS) is 15.4. The third-order valence-corrected chi connectivity index (χ3v) is 6.52. The molecule has 1 fully saturated rings. The van der Waals surface area contributed by atoms with Crippen LogP contribution in [0.15, 0.2) is 59.5 Å². The number of aryl methyl sites for hydroxylation is 1. The van der Waals surface area contributed by atoms with Crippen molar-refractivity contribution >= 4 is 16.7 Å². The van der Waals surface area contributed by atoms with Gasteiger partial charge in [0.15, 0.2) is 0 Å². The van der Waals surface area contributed by atoms with Crippen LogP contribution in [-0.4, -0.2) is 14.5 Å². The van der Waals surface area contributed by atoms with Gasteiger partial charge in [0, 0.05) is 17.8 Å². The summed E-state index contributed by atoms with van der Waals surface area (Å²) in [4.78, 5) is 21.9. The number of hydrogen-bond acceptors (Lipinski definition) is 4. The summed E-state index contributed by atoms with van der Waals surface area (Å²) in [5, 5.41) is 3.64. The van der Waals surface area contributed by atoms with Crippen LogP contribution in [0.5, 0.6) is 0 Å². The molecule has 1 atom stereocenters.